The third-order valence-electron chi connectivity index (χ3n) is 2.96. The molecule has 0 saturated heterocycles. The molecule has 0 aliphatic carbocycles. The molecule has 0 atom stereocenters. The Morgan fingerprint density at radius 3 is 2.65 bits per heavy atom. The van der Waals surface area contributed by atoms with E-state index in [9.17, 15) is 0 Å². The lowest BCUT2D eigenvalue weighted by Crippen LogP contribution is -2.00. The molecule has 0 aromatic heterocycles. The van der Waals surface area contributed by atoms with Crippen LogP contribution >= 0.6 is 27.5 Å². The molecule has 2 aromatic carbocycles. The number of nitrogens with one attached hydrogen (secondary N) is 1. The summed E-state index contributed by atoms with van der Waals surface area (Å²) in [5.41, 5.74) is 3.28. The highest BCUT2D eigenvalue weighted by Gasteiger charge is 2.03. The average molecular weight is 355 g/mol. The third-order valence-corrected chi connectivity index (χ3v) is 3.99. The normalized spacial score (nSPS) is 10.4. The number of benzene rings is 2. The van der Waals surface area contributed by atoms with Crippen LogP contribution < -0.4 is 10.1 Å². The highest BCUT2D eigenvalue weighted by molar-refractivity contribution is 9.10. The van der Waals surface area contributed by atoms with Crippen molar-refractivity contribution < 1.29 is 4.74 Å². The summed E-state index contributed by atoms with van der Waals surface area (Å²) < 4.78 is 6.47. The summed E-state index contributed by atoms with van der Waals surface area (Å²) >= 11 is 9.63. The van der Waals surface area contributed by atoms with Crippen molar-refractivity contribution in [3.8, 4) is 5.75 Å². The Labute approximate surface area is 133 Å². The predicted octanol–water partition coefficient (Wildman–Crippen LogP) is 5.42. The number of halogens is 2. The van der Waals surface area contributed by atoms with Gasteiger partial charge in [0.15, 0.2) is 0 Å². The minimum Gasteiger partial charge on any atom is -0.493 e. The Hall–Kier alpha value is -1.19. The first kappa shape index (κ1) is 15.2. The van der Waals surface area contributed by atoms with Crippen LogP contribution in [0.2, 0.25) is 5.02 Å². The topological polar surface area (TPSA) is 21.3 Å². The van der Waals surface area contributed by atoms with Crippen molar-refractivity contribution in [1.82, 2.24) is 0 Å². The van der Waals surface area contributed by atoms with Gasteiger partial charge in [-0.3, -0.25) is 0 Å². The summed E-state index contributed by atoms with van der Waals surface area (Å²) in [6.07, 6.45) is 0. The van der Waals surface area contributed by atoms with Gasteiger partial charge in [-0.15, -0.1) is 0 Å². The maximum Gasteiger partial charge on any atom is 0.133 e. The van der Waals surface area contributed by atoms with E-state index in [-0.39, 0.29) is 0 Å². The Bertz CT molecular complexity index is 601. The molecule has 2 aromatic rings. The van der Waals surface area contributed by atoms with Gasteiger partial charge in [-0.05, 0) is 65.2 Å². The second-order valence-electron chi connectivity index (χ2n) is 4.52. The Morgan fingerprint density at radius 1 is 1.20 bits per heavy atom. The van der Waals surface area contributed by atoms with Crippen LogP contribution in [0, 0.1) is 6.92 Å². The van der Waals surface area contributed by atoms with Gasteiger partial charge < -0.3 is 10.1 Å². The van der Waals surface area contributed by atoms with Crippen LogP contribution in [-0.2, 0) is 6.54 Å². The number of anilines is 1. The molecule has 0 saturated carbocycles. The maximum absolute atomic E-state index is 6.11. The SMILES string of the molecule is CCOc1ccc(CNc2ccc(C)c(Cl)c2)cc1Br. The van der Waals surface area contributed by atoms with Gasteiger partial charge in [-0.25, -0.2) is 0 Å². The van der Waals surface area contributed by atoms with E-state index in [1.165, 1.54) is 5.56 Å². The lowest BCUT2D eigenvalue weighted by molar-refractivity contribution is 0.338. The summed E-state index contributed by atoms with van der Waals surface area (Å²) in [7, 11) is 0. The predicted molar refractivity (Wildman–Crippen MR) is 88.8 cm³/mol. The summed E-state index contributed by atoms with van der Waals surface area (Å²) in [5.74, 6) is 0.870. The van der Waals surface area contributed by atoms with Gasteiger partial charge in [0.25, 0.3) is 0 Å². The standard InChI is InChI=1S/C16H17BrClNO/c1-3-20-16-7-5-12(8-14(16)17)10-19-13-6-4-11(2)15(18)9-13/h4-9,19H,3,10H2,1-2H3. The van der Waals surface area contributed by atoms with Crippen LogP contribution in [0.3, 0.4) is 0 Å². The molecule has 0 aliphatic rings. The van der Waals surface area contributed by atoms with Crippen molar-refractivity contribution >= 4 is 33.2 Å². The molecule has 0 spiro atoms. The first-order valence-corrected chi connectivity index (χ1v) is 7.68. The van der Waals surface area contributed by atoms with Gasteiger partial charge >= 0.3 is 0 Å². The Balaban J connectivity index is 2.03. The molecule has 0 radical (unpaired) electrons. The number of aryl methyl sites for hydroxylation is 1. The fourth-order valence-electron chi connectivity index (χ4n) is 1.83. The molecule has 4 heteroatoms. The summed E-state index contributed by atoms with van der Waals surface area (Å²) in [6, 6.07) is 12.1. The molecule has 0 heterocycles. The van der Waals surface area contributed by atoms with E-state index in [2.05, 4.69) is 33.4 Å². The van der Waals surface area contributed by atoms with Crippen LogP contribution in [0.5, 0.6) is 5.75 Å². The Morgan fingerprint density at radius 2 is 2.00 bits per heavy atom. The van der Waals surface area contributed by atoms with Gasteiger partial charge in [0.2, 0.25) is 0 Å². The van der Waals surface area contributed by atoms with E-state index in [0.29, 0.717) is 6.61 Å². The molecule has 0 unspecified atom stereocenters. The van der Waals surface area contributed by atoms with Crippen molar-refractivity contribution in [2.45, 2.75) is 20.4 Å². The first-order chi connectivity index (χ1) is 9.60. The zero-order chi connectivity index (χ0) is 14.5. The zero-order valence-corrected chi connectivity index (χ0v) is 13.9. The second kappa shape index (κ2) is 7.00. The largest absolute Gasteiger partial charge is 0.493 e. The van der Waals surface area contributed by atoms with Gasteiger partial charge in [0, 0.05) is 17.3 Å². The molecule has 2 rings (SSSR count). The van der Waals surface area contributed by atoms with Crippen LogP contribution in [0.1, 0.15) is 18.1 Å². The summed E-state index contributed by atoms with van der Waals surface area (Å²) in [4.78, 5) is 0. The number of hydrogen-bond donors (Lipinski definition) is 1. The molecule has 0 aliphatic heterocycles. The fraction of sp³-hybridized carbons (Fsp3) is 0.250. The van der Waals surface area contributed by atoms with E-state index in [1.54, 1.807) is 0 Å². The lowest BCUT2D eigenvalue weighted by atomic mass is 10.2. The molecule has 20 heavy (non-hydrogen) atoms. The van der Waals surface area contributed by atoms with Crippen molar-refractivity contribution in [1.29, 1.82) is 0 Å². The van der Waals surface area contributed by atoms with Gasteiger partial charge in [-0.1, -0.05) is 23.7 Å². The van der Waals surface area contributed by atoms with Crippen molar-refractivity contribution in [3.63, 3.8) is 0 Å². The van der Waals surface area contributed by atoms with Crippen molar-refractivity contribution in [2.75, 3.05) is 11.9 Å². The maximum atomic E-state index is 6.11. The monoisotopic (exact) mass is 353 g/mol. The highest BCUT2D eigenvalue weighted by atomic mass is 79.9. The summed E-state index contributed by atoms with van der Waals surface area (Å²) in [5, 5.41) is 4.14. The Kier molecular flexibility index (Phi) is 5.32. The van der Waals surface area contributed by atoms with Crippen LogP contribution in [0.25, 0.3) is 0 Å². The van der Waals surface area contributed by atoms with E-state index in [4.69, 9.17) is 16.3 Å². The van der Waals surface area contributed by atoms with E-state index in [1.807, 2.05) is 38.1 Å². The van der Waals surface area contributed by atoms with Gasteiger partial charge in [0.1, 0.15) is 5.75 Å². The second-order valence-corrected chi connectivity index (χ2v) is 5.78. The lowest BCUT2D eigenvalue weighted by Gasteiger charge is -2.10. The molecule has 0 fully saturated rings. The molecule has 2 nitrogen and oxygen atoms in total. The quantitative estimate of drug-likeness (QED) is 0.774. The molecule has 106 valence electrons. The van der Waals surface area contributed by atoms with Gasteiger partial charge in [-0.2, -0.15) is 0 Å². The highest BCUT2D eigenvalue weighted by Crippen LogP contribution is 2.26. The first-order valence-electron chi connectivity index (χ1n) is 6.51. The average Bonchev–Trinajstić information content (AvgIpc) is 2.43. The van der Waals surface area contributed by atoms with Crippen molar-refractivity contribution in [2.24, 2.45) is 0 Å². The summed E-state index contributed by atoms with van der Waals surface area (Å²) in [6.45, 7) is 5.38. The minimum atomic E-state index is 0.665. The van der Waals surface area contributed by atoms with E-state index >= 15 is 0 Å². The van der Waals surface area contributed by atoms with Gasteiger partial charge in [0.05, 0.1) is 11.1 Å². The smallest absolute Gasteiger partial charge is 0.133 e. The molecular formula is C16H17BrClNO. The van der Waals surface area contributed by atoms with Crippen LogP contribution in [-0.4, -0.2) is 6.61 Å². The molecular weight excluding hydrogens is 338 g/mol. The molecule has 0 bridgehead atoms. The number of hydrogen-bond acceptors (Lipinski definition) is 2. The van der Waals surface area contributed by atoms with E-state index < -0.39 is 0 Å². The van der Waals surface area contributed by atoms with E-state index in [0.717, 1.165) is 33.0 Å². The molecule has 0 amide bonds. The fourth-order valence-corrected chi connectivity index (χ4v) is 2.56. The number of ether oxygens (including phenoxy) is 1. The van der Waals surface area contributed by atoms with Crippen LogP contribution in [0.15, 0.2) is 40.9 Å². The van der Waals surface area contributed by atoms with Crippen LogP contribution in [0.4, 0.5) is 5.69 Å². The number of rotatable bonds is 5. The minimum absolute atomic E-state index is 0.665. The molecule has 1 N–H and O–H groups in total. The zero-order valence-electron chi connectivity index (χ0n) is 11.5. The third kappa shape index (κ3) is 3.90. The van der Waals surface area contributed by atoms with Crippen molar-refractivity contribution in [3.05, 3.63) is 57.0 Å².